The van der Waals surface area contributed by atoms with Crippen LogP contribution in [0.2, 0.25) is 0 Å². The van der Waals surface area contributed by atoms with Gasteiger partial charge in [0.05, 0.1) is 6.61 Å². The smallest absolute Gasteiger partial charge is 0.128 e. The minimum absolute atomic E-state index is 0.0235. The summed E-state index contributed by atoms with van der Waals surface area (Å²) in [6, 6.07) is 10.3. The lowest BCUT2D eigenvalue weighted by Crippen LogP contribution is -2.18. The number of pyridine rings is 1. The number of anilines is 1. The predicted molar refractivity (Wildman–Crippen MR) is 68.7 cm³/mol. The van der Waals surface area contributed by atoms with Crippen molar-refractivity contribution in [2.24, 2.45) is 0 Å². The van der Waals surface area contributed by atoms with Crippen LogP contribution in [-0.2, 0) is 13.2 Å². The third-order valence-electron chi connectivity index (χ3n) is 2.75. The van der Waals surface area contributed by atoms with Crippen molar-refractivity contribution in [3.8, 4) is 0 Å². The highest BCUT2D eigenvalue weighted by atomic mass is 19.1. The number of aliphatic hydroxyl groups excluding tert-OH is 1. The molecule has 0 fully saturated rings. The van der Waals surface area contributed by atoms with E-state index in [1.165, 1.54) is 6.07 Å². The first-order valence-electron chi connectivity index (χ1n) is 5.71. The van der Waals surface area contributed by atoms with Crippen LogP contribution in [0.25, 0.3) is 0 Å². The van der Waals surface area contributed by atoms with Crippen LogP contribution in [0.15, 0.2) is 42.6 Å². The summed E-state index contributed by atoms with van der Waals surface area (Å²) in [5.74, 6) is 0.534. The fraction of sp³-hybridized carbons (Fsp3) is 0.214. The Labute approximate surface area is 106 Å². The molecule has 0 amide bonds. The van der Waals surface area contributed by atoms with E-state index in [2.05, 4.69) is 4.98 Å². The van der Waals surface area contributed by atoms with Gasteiger partial charge in [0.1, 0.15) is 11.6 Å². The average Bonchev–Trinajstić information content (AvgIpc) is 2.41. The summed E-state index contributed by atoms with van der Waals surface area (Å²) < 4.78 is 13.5. The Hall–Kier alpha value is -1.94. The number of aromatic nitrogens is 1. The van der Waals surface area contributed by atoms with Crippen molar-refractivity contribution in [3.05, 3.63) is 59.5 Å². The molecule has 18 heavy (non-hydrogen) atoms. The van der Waals surface area contributed by atoms with Gasteiger partial charge in [0.25, 0.3) is 0 Å². The van der Waals surface area contributed by atoms with Crippen LogP contribution in [0.1, 0.15) is 11.1 Å². The first-order valence-corrected chi connectivity index (χ1v) is 5.71. The maximum absolute atomic E-state index is 13.5. The van der Waals surface area contributed by atoms with Crippen molar-refractivity contribution >= 4 is 5.82 Å². The Morgan fingerprint density at radius 3 is 2.61 bits per heavy atom. The van der Waals surface area contributed by atoms with Gasteiger partial charge in [-0.1, -0.05) is 24.3 Å². The quantitative estimate of drug-likeness (QED) is 0.899. The first kappa shape index (κ1) is 12.5. The highest BCUT2D eigenvalue weighted by Gasteiger charge is 2.06. The third-order valence-corrected chi connectivity index (χ3v) is 2.75. The second-order valence-electron chi connectivity index (χ2n) is 4.13. The number of rotatable bonds is 4. The van der Waals surface area contributed by atoms with E-state index in [0.717, 1.165) is 11.4 Å². The van der Waals surface area contributed by atoms with E-state index < -0.39 is 0 Å². The molecular formula is C14H15FN2O. The topological polar surface area (TPSA) is 36.4 Å². The molecule has 1 aromatic heterocycles. The van der Waals surface area contributed by atoms with Gasteiger partial charge in [-0.2, -0.15) is 0 Å². The summed E-state index contributed by atoms with van der Waals surface area (Å²) in [6.45, 7) is 0.433. The average molecular weight is 246 g/mol. The summed E-state index contributed by atoms with van der Waals surface area (Å²) in [5, 5.41) is 8.94. The number of nitrogens with zero attached hydrogens (tertiary/aromatic N) is 2. The van der Waals surface area contributed by atoms with Crippen LogP contribution in [-0.4, -0.2) is 17.1 Å². The van der Waals surface area contributed by atoms with Crippen molar-refractivity contribution in [2.75, 3.05) is 11.9 Å². The van der Waals surface area contributed by atoms with Crippen molar-refractivity contribution < 1.29 is 9.50 Å². The zero-order valence-corrected chi connectivity index (χ0v) is 10.2. The molecule has 2 aromatic rings. The molecular weight excluding hydrogens is 231 g/mol. The molecule has 1 N–H and O–H groups in total. The van der Waals surface area contributed by atoms with Crippen LogP contribution in [0.5, 0.6) is 0 Å². The van der Waals surface area contributed by atoms with Gasteiger partial charge < -0.3 is 10.0 Å². The number of aliphatic hydroxyl groups is 1. The van der Waals surface area contributed by atoms with Gasteiger partial charge in [-0.15, -0.1) is 0 Å². The number of halogens is 1. The molecule has 0 aliphatic heterocycles. The fourth-order valence-corrected chi connectivity index (χ4v) is 1.70. The lowest BCUT2D eigenvalue weighted by Gasteiger charge is -2.18. The Kier molecular flexibility index (Phi) is 3.89. The molecule has 0 saturated carbocycles. The van der Waals surface area contributed by atoms with Crippen LogP contribution < -0.4 is 4.90 Å². The molecule has 0 aliphatic rings. The Morgan fingerprint density at radius 2 is 2.00 bits per heavy atom. The lowest BCUT2D eigenvalue weighted by atomic mass is 10.2. The van der Waals surface area contributed by atoms with E-state index >= 15 is 0 Å². The lowest BCUT2D eigenvalue weighted by molar-refractivity contribution is 0.281. The Balaban J connectivity index is 2.11. The largest absolute Gasteiger partial charge is 0.392 e. The fourth-order valence-electron chi connectivity index (χ4n) is 1.70. The van der Waals surface area contributed by atoms with Crippen LogP contribution in [0, 0.1) is 5.82 Å². The minimum Gasteiger partial charge on any atom is -0.392 e. The molecule has 0 aliphatic carbocycles. The van der Waals surface area contributed by atoms with E-state index in [1.54, 1.807) is 24.4 Å². The van der Waals surface area contributed by atoms with Crippen molar-refractivity contribution in [3.63, 3.8) is 0 Å². The van der Waals surface area contributed by atoms with Gasteiger partial charge in [-0.05, 0) is 17.7 Å². The third kappa shape index (κ3) is 2.84. The van der Waals surface area contributed by atoms with E-state index in [-0.39, 0.29) is 12.4 Å². The van der Waals surface area contributed by atoms with Crippen molar-refractivity contribution in [1.82, 2.24) is 4.98 Å². The molecule has 1 heterocycles. The summed E-state index contributed by atoms with van der Waals surface area (Å²) in [7, 11) is 1.85. The van der Waals surface area contributed by atoms with Crippen molar-refractivity contribution in [2.45, 2.75) is 13.2 Å². The zero-order chi connectivity index (χ0) is 13.0. The van der Waals surface area contributed by atoms with Crippen LogP contribution in [0.3, 0.4) is 0 Å². The maximum Gasteiger partial charge on any atom is 0.128 e. The highest BCUT2D eigenvalue weighted by molar-refractivity contribution is 5.39. The summed E-state index contributed by atoms with van der Waals surface area (Å²) >= 11 is 0. The van der Waals surface area contributed by atoms with E-state index in [9.17, 15) is 4.39 Å². The standard InChI is InChI=1S/C14H15FN2O/c1-17(9-12-4-2-3-5-13(12)15)14-7-6-11(10-18)8-16-14/h2-8,18H,9-10H2,1H3. The highest BCUT2D eigenvalue weighted by Crippen LogP contribution is 2.15. The van der Waals surface area contributed by atoms with Crippen LogP contribution >= 0.6 is 0 Å². The molecule has 94 valence electrons. The molecule has 3 nitrogen and oxygen atoms in total. The van der Waals surface area contributed by atoms with E-state index in [4.69, 9.17) is 5.11 Å². The number of hydrogen-bond acceptors (Lipinski definition) is 3. The van der Waals surface area contributed by atoms with Gasteiger partial charge in [0, 0.05) is 25.4 Å². The second-order valence-corrected chi connectivity index (χ2v) is 4.13. The summed E-state index contributed by atoms with van der Waals surface area (Å²) in [4.78, 5) is 6.08. The normalized spacial score (nSPS) is 10.4. The van der Waals surface area contributed by atoms with Crippen molar-refractivity contribution in [1.29, 1.82) is 0 Å². The zero-order valence-electron chi connectivity index (χ0n) is 10.2. The second kappa shape index (κ2) is 5.60. The molecule has 0 unspecified atom stereocenters. The minimum atomic E-state index is -0.212. The molecule has 1 aromatic carbocycles. The number of hydrogen-bond donors (Lipinski definition) is 1. The molecule has 0 saturated heterocycles. The van der Waals surface area contributed by atoms with Gasteiger partial charge >= 0.3 is 0 Å². The predicted octanol–water partition coefficient (Wildman–Crippen LogP) is 2.35. The van der Waals surface area contributed by atoms with Gasteiger partial charge in [0.2, 0.25) is 0 Å². The SMILES string of the molecule is CN(Cc1ccccc1F)c1ccc(CO)cn1. The van der Waals surface area contributed by atoms with Gasteiger partial charge in [-0.25, -0.2) is 9.37 Å². The van der Waals surface area contributed by atoms with Crippen LogP contribution in [0.4, 0.5) is 10.2 Å². The molecule has 0 spiro atoms. The molecule has 2 rings (SSSR count). The monoisotopic (exact) mass is 246 g/mol. The maximum atomic E-state index is 13.5. The Bertz CT molecular complexity index is 513. The molecule has 0 atom stereocenters. The van der Waals surface area contributed by atoms with Gasteiger partial charge in [0.15, 0.2) is 0 Å². The number of benzene rings is 1. The van der Waals surface area contributed by atoms with Gasteiger partial charge in [-0.3, -0.25) is 0 Å². The first-order chi connectivity index (χ1) is 8.70. The summed E-state index contributed by atoms with van der Waals surface area (Å²) in [5.41, 5.74) is 1.39. The molecule has 0 bridgehead atoms. The van der Waals surface area contributed by atoms with E-state index in [0.29, 0.717) is 12.1 Å². The Morgan fingerprint density at radius 1 is 1.22 bits per heavy atom. The summed E-state index contributed by atoms with van der Waals surface area (Å²) in [6.07, 6.45) is 1.62. The molecule has 4 heteroatoms. The molecule has 0 radical (unpaired) electrons. The van der Waals surface area contributed by atoms with E-state index in [1.807, 2.05) is 24.1 Å².